The average Bonchev–Trinajstić information content (AvgIpc) is 2.37. The van der Waals surface area contributed by atoms with E-state index in [1.54, 1.807) is 0 Å². The second-order valence-corrected chi connectivity index (χ2v) is 8.40. The number of rotatable bonds is 4. The quantitative estimate of drug-likeness (QED) is 0.807. The van der Waals surface area contributed by atoms with Crippen LogP contribution in [0.2, 0.25) is 0 Å². The highest BCUT2D eigenvalue weighted by molar-refractivity contribution is 7.91. The Morgan fingerprint density at radius 3 is 2.85 bits per heavy atom. The number of carbonyl (C=O) groups is 1. The average molecular weight is 302 g/mol. The molecule has 3 unspecified atom stereocenters. The summed E-state index contributed by atoms with van der Waals surface area (Å²) in [6.07, 6.45) is 6.02. The van der Waals surface area contributed by atoms with Crippen LogP contribution in [0.25, 0.3) is 0 Å². The van der Waals surface area contributed by atoms with E-state index < -0.39 is 9.84 Å². The van der Waals surface area contributed by atoms with Crippen molar-refractivity contribution >= 4 is 15.7 Å². The first-order valence-corrected chi connectivity index (χ1v) is 9.54. The van der Waals surface area contributed by atoms with Crippen LogP contribution in [0, 0.1) is 5.92 Å². The van der Waals surface area contributed by atoms with Gasteiger partial charge in [0.2, 0.25) is 5.91 Å². The van der Waals surface area contributed by atoms with Crippen molar-refractivity contribution < 1.29 is 13.2 Å². The van der Waals surface area contributed by atoms with Crippen molar-refractivity contribution in [1.29, 1.82) is 0 Å². The van der Waals surface area contributed by atoms with Crippen LogP contribution in [0.3, 0.4) is 0 Å². The molecule has 0 aromatic carbocycles. The molecule has 1 heterocycles. The van der Waals surface area contributed by atoms with Crippen LogP contribution < -0.4 is 10.6 Å². The van der Waals surface area contributed by atoms with E-state index in [4.69, 9.17) is 0 Å². The highest BCUT2D eigenvalue weighted by Gasteiger charge is 2.27. The number of hydrogen-bond acceptors (Lipinski definition) is 4. The van der Waals surface area contributed by atoms with E-state index in [1.807, 2.05) is 0 Å². The van der Waals surface area contributed by atoms with Gasteiger partial charge in [-0.1, -0.05) is 26.2 Å². The Balaban J connectivity index is 1.77. The van der Waals surface area contributed by atoms with Gasteiger partial charge in [0, 0.05) is 25.0 Å². The predicted octanol–water partition coefficient (Wildman–Crippen LogP) is 0.848. The van der Waals surface area contributed by atoms with Gasteiger partial charge >= 0.3 is 0 Å². The van der Waals surface area contributed by atoms with E-state index in [-0.39, 0.29) is 35.9 Å². The van der Waals surface area contributed by atoms with Gasteiger partial charge in [0.05, 0.1) is 11.5 Å². The van der Waals surface area contributed by atoms with Crippen LogP contribution in [0.5, 0.6) is 0 Å². The smallest absolute Gasteiger partial charge is 0.221 e. The third kappa shape index (κ3) is 4.74. The summed E-state index contributed by atoms with van der Waals surface area (Å²) in [5, 5.41) is 6.21. The van der Waals surface area contributed by atoms with Crippen molar-refractivity contribution in [2.45, 2.75) is 57.5 Å². The van der Waals surface area contributed by atoms with Gasteiger partial charge in [0.1, 0.15) is 0 Å². The van der Waals surface area contributed by atoms with Gasteiger partial charge in [0.15, 0.2) is 9.84 Å². The fourth-order valence-electron chi connectivity index (χ4n) is 3.30. The number of hydrogen-bond donors (Lipinski definition) is 2. The molecule has 116 valence electrons. The van der Waals surface area contributed by atoms with E-state index in [1.165, 1.54) is 19.3 Å². The monoisotopic (exact) mass is 302 g/mol. The molecule has 2 rings (SSSR count). The van der Waals surface area contributed by atoms with Crippen molar-refractivity contribution in [2.24, 2.45) is 5.92 Å². The van der Waals surface area contributed by atoms with Crippen molar-refractivity contribution in [3.8, 4) is 0 Å². The molecule has 1 amide bonds. The maximum atomic E-state index is 12.0. The minimum absolute atomic E-state index is 0.0126. The first kappa shape index (κ1) is 15.8. The third-order valence-corrected chi connectivity index (χ3v) is 6.19. The Morgan fingerprint density at radius 2 is 2.15 bits per heavy atom. The van der Waals surface area contributed by atoms with Gasteiger partial charge in [-0.3, -0.25) is 4.79 Å². The lowest BCUT2D eigenvalue weighted by atomic mass is 9.84. The Labute approximate surface area is 121 Å². The number of sulfone groups is 1. The van der Waals surface area contributed by atoms with Gasteiger partial charge in [0.25, 0.3) is 0 Å². The van der Waals surface area contributed by atoms with Gasteiger partial charge < -0.3 is 10.6 Å². The lowest BCUT2D eigenvalue weighted by molar-refractivity contribution is -0.122. The summed E-state index contributed by atoms with van der Waals surface area (Å²) >= 11 is 0. The molecular formula is C14H26N2O3S. The summed E-state index contributed by atoms with van der Waals surface area (Å²) in [7, 11) is -2.97. The van der Waals surface area contributed by atoms with Crippen LogP contribution >= 0.6 is 0 Å². The fourth-order valence-corrected chi connectivity index (χ4v) is 4.75. The normalized spacial score (nSPS) is 33.5. The standard InChI is InChI=1S/C14H26N2O3S/c1-2-11-4-3-5-12(8-11)16-14(17)9-13-10-20(18,19)7-6-15-13/h11-13,15H,2-10H2,1H3,(H,16,17). The Kier molecular flexibility index (Phi) is 5.43. The summed E-state index contributed by atoms with van der Waals surface area (Å²) in [5.41, 5.74) is 0. The largest absolute Gasteiger partial charge is 0.353 e. The molecule has 6 heteroatoms. The summed E-state index contributed by atoms with van der Waals surface area (Å²) in [6, 6.07) is 0.0562. The maximum Gasteiger partial charge on any atom is 0.221 e. The molecule has 0 aromatic rings. The van der Waals surface area contributed by atoms with E-state index in [9.17, 15) is 13.2 Å². The van der Waals surface area contributed by atoms with E-state index >= 15 is 0 Å². The second kappa shape index (κ2) is 6.89. The molecule has 2 fully saturated rings. The molecule has 5 nitrogen and oxygen atoms in total. The van der Waals surface area contributed by atoms with E-state index in [0.29, 0.717) is 6.54 Å². The maximum absolute atomic E-state index is 12.0. The van der Waals surface area contributed by atoms with Crippen LogP contribution in [0.4, 0.5) is 0 Å². The molecule has 1 aliphatic heterocycles. The summed E-state index contributed by atoms with van der Waals surface area (Å²) < 4.78 is 23.1. The van der Waals surface area contributed by atoms with Gasteiger partial charge in [-0.25, -0.2) is 8.42 Å². The molecule has 0 bridgehead atoms. The molecule has 3 atom stereocenters. The van der Waals surface area contributed by atoms with Crippen molar-refractivity contribution in [3.63, 3.8) is 0 Å². The van der Waals surface area contributed by atoms with Crippen LogP contribution in [0.1, 0.15) is 45.4 Å². The molecule has 0 radical (unpaired) electrons. The third-order valence-electron chi connectivity index (χ3n) is 4.46. The second-order valence-electron chi connectivity index (χ2n) is 6.17. The Hall–Kier alpha value is -0.620. The number of carbonyl (C=O) groups excluding carboxylic acids is 1. The predicted molar refractivity (Wildman–Crippen MR) is 79.2 cm³/mol. The Morgan fingerprint density at radius 1 is 1.35 bits per heavy atom. The zero-order chi connectivity index (χ0) is 14.6. The molecule has 0 aromatic heterocycles. The Bertz CT molecular complexity index is 436. The molecule has 1 aliphatic carbocycles. The van der Waals surface area contributed by atoms with Crippen LogP contribution in [-0.2, 0) is 14.6 Å². The molecular weight excluding hydrogens is 276 g/mol. The SMILES string of the molecule is CCC1CCCC(NC(=O)CC2CS(=O)(=O)CCN2)C1. The fraction of sp³-hybridized carbons (Fsp3) is 0.929. The number of amides is 1. The van der Waals surface area contributed by atoms with Crippen LogP contribution in [-0.4, -0.2) is 44.5 Å². The minimum atomic E-state index is -2.97. The zero-order valence-corrected chi connectivity index (χ0v) is 13.0. The van der Waals surface area contributed by atoms with Gasteiger partial charge in [-0.05, 0) is 18.8 Å². The summed E-state index contributed by atoms with van der Waals surface area (Å²) in [5.74, 6) is 0.984. The molecule has 0 spiro atoms. The zero-order valence-electron chi connectivity index (χ0n) is 12.2. The molecule has 2 N–H and O–H groups in total. The van der Waals surface area contributed by atoms with Crippen molar-refractivity contribution in [1.82, 2.24) is 10.6 Å². The first-order valence-electron chi connectivity index (χ1n) is 7.71. The molecule has 2 aliphatic rings. The van der Waals surface area contributed by atoms with Gasteiger partial charge in [-0.15, -0.1) is 0 Å². The number of nitrogens with one attached hydrogen (secondary N) is 2. The minimum Gasteiger partial charge on any atom is -0.353 e. The molecule has 20 heavy (non-hydrogen) atoms. The first-order chi connectivity index (χ1) is 9.48. The van der Waals surface area contributed by atoms with Crippen molar-refractivity contribution in [2.75, 3.05) is 18.1 Å². The van der Waals surface area contributed by atoms with E-state index in [0.717, 1.165) is 18.8 Å². The summed E-state index contributed by atoms with van der Waals surface area (Å²) in [6.45, 7) is 2.66. The summed E-state index contributed by atoms with van der Waals surface area (Å²) in [4.78, 5) is 12.0. The lowest BCUT2D eigenvalue weighted by Gasteiger charge is -2.30. The van der Waals surface area contributed by atoms with Crippen LogP contribution in [0.15, 0.2) is 0 Å². The topological polar surface area (TPSA) is 75.3 Å². The molecule has 1 saturated heterocycles. The highest BCUT2D eigenvalue weighted by atomic mass is 32.2. The highest BCUT2D eigenvalue weighted by Crippen LogP contribution is 2.26. The van der Waals surface area contributed by atoms with Crippen molar-refractivity contribution in [3.05, 3.63) is 0 Å². The molecule has 1 saturated carbocycles. The lowest BCUT2D eigenvalue weighted by Crippen LogP contribution is -2.48. The van der Waals surface area contributed by atoms with E-state index in [2.05, 4.69) is 17.6 Å². The van der Waals surface area contributed by atoms with Gasteiger partial charge in [-0.2, -0.15) is 0 Å².